The van der Waals surface area contributed by atoms with Crippen molar-refractivity contribution in [2.75, 3.05) is 5.32 Å². The molecule has 4 rings (SSSR count). The van der Waals surface area contributed by atoms with Gasteiger partial charge in [0.1, 0.15) is 11.5 Å². The summed E-state index contributed by atoms with van der Waals surface area (Å²) in [6, 6.07) is 15.7. The van der Waals surface area contributed by atoms with Crippen molar-refractivity contribution in [3.05, 3.63) is 101 Å². The van der Waals surface area contributed by atoms with Crippen LogP contribution < -0.4 is 5.32 Å². The lowest BCUT2D eigenvalue weighted by molar-refractivity contribution is -0.143. The van der Waals surface area contributed by atoms with Gasteiger partial charge >= 0.3 is 6.18 Å². The summed E-state index contributed by atoms with van der Waals surface area (Å²) in [7, 11) is 0. The van der Waals surface area contributed by atoms with Gasteiger partial charge in [-0.25, -0.2) is 14.1 Å². The summed E-state index contributed by atoms with van der Waals surface area (Å²) in [5.74, 6) is 3.99. The zero-order valence-electron chi connectivity index (χ0n) is 16.6. The molecule has 0 radical (unpaired) electrons. The number of anilines is 1. The third-order valence-corrected chi connectivity index (χ3v) is 4.35. The molecule has 2 heterocycles. The van der Waals surface area contributed by atoms with E-state index in [0.29, 0.717) is 15.9 Å². The van der Waals surface area contributed by atoms with Crippen LogP contribution in [0, 0.1) is 17.7 Å². The molecule has 0 aliphatic carbocycles. The third kappa shape index (κ3) is 5.04. The molecule has 33 heavy (non-hydrogen) atoms. The van der Waals surface area contributed by atoms with E-state index in [4.69, 9.17) is 0 Å². The smallest absolute Gasteiger partial charge is 0.320 e. The summed E-state index contributed by atoms with van der Waals surface area (Å²) < 4.78 is 54.9. The van der Waals surface area contributed by atoms with Gasteiger partial charge < -0.3 is 5.32 Å². The fraction of sp³-hybridized carbons (Fsp3) is 0.0435. The normalized spacial score (nSPS) is 10.9. The molecule has 0 bridgehead atoms. The Morgan fingerprint density at radius 2 is 1.76 bits per heavy atom. The van der Waals surface area contributed by atoms with Crippen molar-refractivity contribution < 1.29 is 22.4 Å². The quantitative estimate of drug-likeness (QED) is 0.369. The molecular formula is C23H13F4N5O. The molecule has 0 spiro atoms. The molecule has 4 aromatic rings. The monoisotopic (exact) mass is 451 g/mol. The Balaban J connectivity index is 1.62. The summed E-state index contributed by atoms with van der Waals surface area (Å²) in [6.45, 7) is 0. The fourth-order valence-electron chi connectivity index (χ4n) is 2.89. The number of alkyl halides is 3. The number of nitrogens with zero attached hydrogens (tertiary/aromatic N) is 4. The van der Waals surface area contributed by atoms with E-state index < -0.39 is 29.3 Å². The second-order valence-corrected chi connectivity index (χ2v) is 6.67. The first kappa shape index (κ1) is 21.7. The number of hydrogen-bond donors (Lipinski definition) is 1. The van der Waals surface area contributed by atoms with Crippen LogP contribution in [0.5, 0.6) is 0 Å². The average molecular weight is 451 g/mol. The molecular weight excluding hydrogens is 438 g/mol. The predicted octanol–water partition coefficient (Wildman–Crippen LogP) is 4.47. The van der Waals surface area contributed by atoms with Crippen LogP contribution in [-0.2, 0) is 6.18 Å². The highest BCUT2D eigenvalue weighted by Crippen LogP contribution is 2.33. The zero-order chi connectivity index (χ0) is 23.4. The van der Waals surface area contributed by atoms with Crippen LogP contribution in [0.25, 0.3) is 5.69 Å². The van der Waals surface area contributed by atoms with Crippen molar-refractivity contribution in [2.24, 2.45) is 0 Å². The average Bonchev–Trinajstić information content (AvgIpc) is 3.25. The second-order valence-electron chi connectivity index (χ2n) is 6.67. The Morgan fingerprint density at radius 3 is 2.45 bits per heavy atom. The Kier molecular flexibility index (Phi) is 5.87. The Hall–Kier alpha value is -4.52. The highest BCUT2D eigenvalue weighted by Gasteiger charge is 2.42. The maximum atomic E-state index is 13.8. The molecule has 1 amide bonds. The number of rotatable bonds is 3. The lowest BCUT2D eigenvalue weighted by Crippen LogP contribution is -2.21. The standard InChI is InChI=1S/C23H13F4N5O/c24-16-8-11-19(12-9-16)32-21(23(25,26)27)20(30-31-32)22(33)29-18-6-3-4-15(14-18)7-10-17-5-1-2-13-28-17/h1-6,8-9,11-14H,(H,29,33). The van der Waals surface area contributed by atoms with Gasteiger partial charge in [0.15, 0.2) is 11.4 Å². The molecule has 6 nitrogen and oxygen atoms in total. The van der Waals surface area contributed by atoms with Gasteiger partial charge in [-0.15, -0.1) is 5.10 Å². The Labute approximate surface area is 184 Å². The minimum atomic E-state index is -4.94. The van der Waals surface area contributed by atoms with E-state index in [9.17, 15) is 22.4 Å². The largest absolute Gasteiger partial charge is 0.435 e. The SMILES string of the molecule is O=C(Nc1cccc(C#Cc2ccccn2)c1)c1nnn(-c2ccc(F)cc2)c1C(F)(F)F. The third-order valence-electron chi connectivity index (χ3n) is 4.35. The molecule has 0 saturated heterocycles. The number of hydrogen-bond acceptors (Lipinski definition) is 4. The number of nitrogens with one attached hydrogen (secondary N) is 1. The number of benzene rings is 2. The maximum Gasteiger partial charge on any atom is 0.435 e. The van der Waals surface area contributed by atoms with Crippen LogP contribution in [0.3, 0.4) is 0 Å². The van der Waals surface area contributed by atoms with Crippen LogP contribution in [0.1, 0.15) is 27.4 Å². The molecule has 2 aromatic carbocycles. The number of carbonyl (C=O) groups is 1. The van der Waals surface area contributed by atoms with Crippen LogP contribution in [0.2, 0.25) is 0 Å². The number of aromatic nitrogens is 4. The van der Waals surface area contributed by atoms with Gasteiger partial charge in [-0.2, -0.15) is 13.2 Å². The van der Waals surface area contributed by atoms with Gasteiger partial charge in [0.2, 0.25) is 0 Å². The van der Waals surface area contributed by atoms with Crippen LogP contribution in [0.4, 0.5) is 23.2 Å². The first-order valence-electron chi connectivity index (χ1n) is 9.44. The van der Waals surface area contributed by atoms with E-state index in [1.54, 1.807) is 36.5 Å². The lowest BCUT2D eigenvalue weighted by Gasteiger charge is -2.11. The van der Waals surface area contributed by atoms with Gasteiger partial charge in [-0.1, -0.05) is 23.3 Å². The van der Waals surface area contributed by atoms with E-state index >= 15 is 0 Å². The summed E-state index contributed by atoms with van der Waals surface area (Å²) in [5.41, 5.74) is -1.11. The first-order chi connectivity index (χ1) is 15.8. The summed E-state index contributed by atoms with van der Waals surface area (Å²) in [6.07, 6.45) is -3.35. The van der Waals surface area contributed by atoms with Crippen LogP contribution >= 0.6 is 0 Å². The Bertz CT molecular complexity index is 1350. The van der Waals surface area contributed by atoms with E-state index in [0.717, 1.165) is 24.3 Å². The van der Waals surface area contributed by atoms with Crippen molar-refractivity contribution in [3.8, 4) is 17.5 Å². The van der Waals surface area contributed by atoms with E-state index in [2.05, 4.69) is 32.5 Å². The van der Waals surface area contributed by atoms with E-state index in [1.807, 2.05) is 0 Å². The van der Waals surface area contributed by atoms with Crippen LogP contribution in [-0.4, -0.2) is 25.9 Å². The van der Waals surface area contributed by atoms with Crippen molar-refractivity contribution >= 4 is 11.6 Å². The minimum absolute atomic E-state index is 0.0953. The second kappa shape index (κ2) is 8.92. The molecule has 1 N–H and O–H groups in total. The number of amides is 1. The maximum absolute atomic E-state index is 13.8. The minimum Gasteiger partial charge on any atom is -0.320 e. The lowest BCUT2D eigenvalue weighted by atomic mass is 10.2. The van der Waals surface area contributed by atoms with Crippen molar-refractivity contribution in [1.82, 2.24) is 20.0 Å². The molecule has 0 saturated carbocycles. The Morgan fingerprint density at radius 1 is 0.970 bits per heavy atom. The molecule has 10 heteroatoms. The van der Waals surface area contributed by atoms with Gasteiger partial charge in [0, 0.05) is 17.4 Å². The van der Waals surface area contributed by atoms with Gasteiger partial charge in [0.05, 0.1) is 5.69 Å². The predicted molar refractivity (Wildman–Crippen MR) is 111 cm³/mol. The molecule has 0 aliphatic rings. The van der Waals surface area contributed by atoms with Gasteiger partial charge in [0.25, 0.3) is 5.91 Å². The molecule has 0 unspecified atom stereocenters. The number of carbonyl (C=O) groups excluding carboxylic acids is 1. The molecule has 0 aliphatic heterocycles. The summed E-state index contributed by atoms with van der Waals surface area (Å²) in [5, 5.41) is 9.27. The molecule has 2 aromatic heterocycles. The molecule has 0 atom stereocenters. The van der Waals surface area contributed by atoms with Gasteiger partial charge in [-0.3, -0.25) is 4.79 Å². The van der Waals surface area contributed by atoms with Crippen molar-refractivity contribution in [1.29, 1.82) is 0 Å². The number of halogens is 4. The zero-order valence-corrected chi connectivity index (χ0v) is 16.6. The van der Waals surface area contributed by atoms with Crippen LogP contribution in [0.15, 0.2) is 72.9 Å². The van der Waals surface area contributed by atoms with Crippen molar-refractivity contribution in [3.63, 3.8) is 0 Å². The van der Waals surface area contributed by atoms with Gasteiger partial charge in [-0.05, 0) is 60.5 Å². The van der Waals surface area contributed by atoms with E-state index in [-0.39, 0.29) is 11.4 Å². The fourth-order valence-corrected chi connectivity index (χ4v) is 2.89. The summed E-state index contributed by atoms with van der Waals surface area (Å²) in [4.78, 5) is 16.7. The van der Waals surface area contributed by atoms with E-state index in [1.165, 1.54) is 12.1 Å². The summed E-state index contributed by atoms with van der Waals surface area (Å²) >= 11 is 0. The highest BCUT2D eigenvalue weighted by atomic mass is 19.4. The highest BCUT2D eigenvalue weighted by molar-refractivity contribution is 6.03. The molecule has 0 fully saturated rings. The topological polar surface area (TPSA) is 72.7 Å². The van der Waals surface area contributed by atoms with Crippen molar-refractivity contribution in [2.45, 2.75) is 6.18 Å². The first-order valence-corrected chi connectivity index (χ1v) is 9.44. The molecule has 164 valence electrons. The number of pyridine rings is 1.